The minimum Gasteiger partial charge on any atom is -0.378 e. The molecule has 0 spiro atoms. The maximum atomic E-state index is 5.67. The largest absolute Gasteiger partial charge is 0.378 e. The monoisotopic (exact) mass is 193 g/mol. The first-order valence-electron chi connectivity index (χ1n) is 5.62. The molecule has 2 rings (SSSR count). The van der Waals surface area contributed by atoms with Crippen LogP contribution in [-0.4, -0.2) is 24.8 Å². The second kappa shape index (κ2) is 4.33. The lowest BCUT2D eigenvalue weighted by Gasteiger charge is -2.48. The molecule has 2 fully saturated rings. The smallest absolute Gasteiger partial charge is 0.0633 e. The Bertz CT molecular complexity index is 233. The number of ether oxygens (including phenoxy) is 1. The van der Waals surface area contributed by atoms with Crippen LogP contribution in [0.5, 0.6) is 0 Å². The van der Waals surface area contributed by atoms with Gasteiger partial charge >= 0.3 is 0 Å². The second-order valence-electron chi connectivity index (χ2n) is 4.53. The molecule has 0 radical (unpaired) electrons. The third kappa shape index (κ3) is 1.94. The molecule has 4 unspecified atom stereocenters. The first kappa shape index (κ1) is 10.0. The molecule has 0 aromatic carbocycles. The highest BCUT2D eigenvalue weighted by Crippen LogP contribution is 2.37. The number of hydrogen-bond acceptors (Lipinski definition) is 2. The van der Waals surface area contributed by atoms with Crippen LogP contribution in [0.3, 0.4) is 0 Å². The molecule has 78 valence electrons. The SMILES string of the molecule is C#CCC(C)NC1CC2OCCCC12. The fourth-order valence-corrected chi connectivity index (χ4v) is 2.59. The lowest BCUT2D eigenvalue weighted by Crippen LogP contribution is -2.58. The molecular weight excluding hydrogens is 174 g/mol. The van der Waals surface area contributed by atoms with Crippen LogP contribution in [-0.2, 0) is 4.74 Å². The van der Waals surface area contributed by atoms with Crippen molar-refractivity contribution < 1.29 is 4.74 Å². The van der Waals surface area contributed by atoms with Crippen molar-refractivity contribution in [2.24, 2.45) is 5.92 Å². The first-order chi connectivity index (χ1) is 6.81. The molecule has 1 N–H and O–H groups in total. The van der Waals surface area contributed by atoms with Crippen molar-refractivity contribution >= 4 is 0 Å². The molecule has 0 aromatic heterocycles. The lowest BCUT2D eigenvalue weighted by atomic mass is 9.72. The van der Waals surface area contributed by atoms with Gasteiger partial charge in [0.2, 0.25) is 0 Å². The zero-order valence-corrected chi connectivity index (χ0v) is 8.83. The zero-order chi connectivity index (χ0) is 9.97. The van der Waals surface area contributed by atoms with E-state index in [2.05, 4.69) is 18.2 Å². The summed E-state index contributed by atoms with van der Waals surface area (Å²) in [6, 6.07) is 1.11. The molecule has 0 amide bonds. The highest BCUT2D eigenvalue weighted by atomic mass is 16.5. The van der Waals surface area contributed by atoms with Gasteiger partial charge in [-0.2, -0.15) is 0 Å². The second-order valence-corrected chi connectivity index (χ2v) is 4.53. The third-order valence-corrected chi connectivity index (χ3v) is 3.42. The van der Waals surface area contributed by atoms with E-state index in [1.54, 1.807) is 0 Å². The van der Waals surface area contributed by atoms with Crippen LogP contribution in [0, 0.1) is 18.3 Å². The Kier molecular flexibility index (Phi) is 3.10. The Morgan fingerprint density at radius 2 is 2.50 bits per heavy atom. The van der Waals surface area contributed by atoms with Gasteiger partial charge in [0.15, 0.2) is 0 Å². The van der Waals surface area contributed by atoms with E-state index >= 15 is 0 Å². The summed E-state index contributed by atoms with van der Waals surface area (Å²) in [6.45, 7) is 3.13. The van der Waals surface area contributed by atoms with Crippen LogP contribution in [0.2, 0.25) is 0 Å². The normalized spacial score (nSPS) is 37.9. The number of hydrogen-bond donors (Lipinski definition) is 1. The van der Waals surface area contributed by atoms with E-state index < -0.39 is 0 Å². The van der Waals surface area contributed by atoms with Crippen molar-refractivity contribution in [2.45, 2.75) is 50.8 Å². The number of fused-ring (bicyclic) bond motifs is 1. The highest BCUT2D eigenvalue weighted by molar-refractivity contribution is 4.99. The lowest BCUT2D eigenvalue weighted by molar-refractivity contribution is -0.104. The van der Waals surface area contributed by atoms with Gasteiger partial charge in [0.05, 0.1) is 6.10 Å². The van der Waals surface area contributed by atoms with Crippen molar-refractivity contribution in [1.82, 2.24) is 5.32 Å². The predicted molar refractivity (Wildman–Crippen MR) is 56.9 cm³/mol. The molecule has 2 aliphatic rings. The van der Waals surface area contributed by atoms with Crippen molar-refractivity contribution in [3.8, 4) is 12.3 Å². The van der Waals surface area contributed by atoms with Gasteiger partial charge < -0.3 is 10.1 Å². The van der Waals surface area contributed by atoms with Crippen molar-refractivity contribution in [2.75, 3.05) is 6.61 Å². The van der Waals surface area contributed by atoms with Gasteiger partial charge in [-0.1, -0.05) is 0 Å². The van der Waals surface area contributed by atoms with Crippen LogP contribution < -0.4 is 5.32 Å². The fraction of sp³-hybridized carbons (Fsp3) is 0.833. The van der Waals surface area contributed by atoms with Crippen molar-refractivity contribution in [3.05, 3.63) is 0 Å². The molecule has 2 nitrogen and oxygen atoms in total. The summed E-state index contributed by atoms with van der Waals surface area (Å²) in [7, 11) is 0. The van der Waals surface area contributed by atoms with Gasteiger partial charge in [0.1, 0.15) is 0 Å². The number of nitrogens with one attached hydrogen (secondary N) is 1. The van der Waals surface area contributed by atoms with E-state index in [0.717, 1.165) is 18.9 Å². The van der Waals surface area contributed by atoms with E-state index in [1.807, 2.05) is 0 Å². The zero-order valence-electron chi connectivity index (χ0n) is 8.83. The van der Waals surface area contributed by atoms with Crippen LogP contribution in [0.15, 0.2) is 0 Å². The van der Waals surface area contributed by atoms with E-state index in [1.165, 1.54) is 19.3 Å². The van der Waals surface area contributed by atoms with Gasteiger partial charge in [0, 0.05) is 31.0 Å². The molecule has 1 aliphatic carbocycles. The molecule has 0 aromatic rings. The van der Waals surface area contributed by atoms with Gasteiger partial charge in [0.25, 0.3) is 0 Å². The molecule has 1 heterocycles. The summed E-state index contributed by atoms with van der Waals surface area (Å²) in [5, 5.41) is 3.59. The maximum Gasteiger partial charge on any atom is 0.0633 e. The summed E-state index contributed by atoms with van der Waals surface area (Å²) in [4.78, 5) is 0. The first-order valence-corrected chi connectivity index (χ1v) is 5.62. The van der Waals surface area contributed by atoms with Crippen molar-refractivity contribution in [3.63, 3.8) is 0 Å². The van der Waals surface area contributed by atoms with Gasteiger partial charge in [-0.05, 0) is 26.2 Å². The Labute approximate surface area is 86.4 Å². The minimum atomic E-state index is 0.452. The predicted octanol–water partition coefficient (Wildman–Crippen LogP) is 1.56. The van der Waals surface area contributed by atoms with E-state index in [0.29, 0.717) is 18.2 Å². The Hall–Kier alpha value is -0.520. The summed E-state index contributed by atoms with van der Waals surface area (Å²) >= 11 is 0. The molecule has 14 heavy (non-hydrogen) atoms. The van der Waals surface area contributed by atoms with Crippen molar-refractivity contribution in [1.29, 1.82) is 0 Å². The van der Waals surface area contributed by atoms with Crippen LogP contribution in [0.1, 0.15) is 32.6 Å². The Balaban J connectivity index is 1.76. The summed E-state index contributed by atoms with van der Waals surface area (Å²) in [6.07, 6.45) is 10.4. The molecule has 4 atom stereocenters. The molecule has 1 aliphatic heterocycles. The van der Waals surface area contributed by atoms with Gasteiger partial charge in [-0.25, -0.2) is 0 Å². The minimum absolute atomic E-state index is 0.452. The van der Waals surface area contributed by atoms with Crippen LogP contribution in [0.4, 0.5) is 0 Å². The average Bonchev–Trinajstić information content (AvgIpc) is 2.15. The van der Waals surface area contributed by atoms with Gasteiger partial charge in [-0.3, -0.25) is 0 Å². The van der Waals surface area contributed by atoms with Crippen LogP contribution in [0.25, 0.3) is 0 Å². The van der Waals surface area contributed by atoms with Gasteiger partial charge in [-0.15, -0.1) is 12.3 Å². The molecular formula is C12H19NO. The van der Waals surface area contributed by atoms with E-state index in [-0.39, 0.29) is 0 Å². The standard InChI is InChI=1S/C12H19NO/c1-3-5-9(2)13-11-8-12-10(11)6-4-7-14-12/h1,9-13H,4-8H2,2H3. The third-order valence-electron chi connectivity index (χ3n) is 3.42. The Morgan fingerprint density at radius 1 is 1.64 bits per heavy atom. The van der Waals surface area contributed by atoms with Crippen LogP contribution >= 0.6 is 0 Å². The highest BCUT2D eigenvalue weighted by Gasteiger charge is 2.43. The summed E-state index contributed by atoms with van der Waals surface area (Å²) in [5.41, 5.74) is 0. The number of rotatable bonds is 3. The van der Waals surface area contributed by atoms with E-state index in [4.69, 9.17) is 11.2 Å². The molecule has 1 saturated heterocycles. The topological polar surface area (TPSA) is 21.3 Å². The summed E-state index contributed by atoms with van der Waals surface area (Å²) in [5.74, 6) is 3.45. The number of terminal acetylenes is 1. The summed E-state index contributed by atoms with van der Waals surface area (Å²) < 4.78 is 5.67. The average molecular weight is 193 g/mol. The molecule has 2 heteroatoms. The fourth-order valence-electron chi connectivity index (χ4n) is 2.59. The maximum absolute atomic E-state index is 5.67. The molecule has 0 bridgehead atoms. The van der Waals surface area contributed by atoms with E-state index in [9.17, 15) is 0 Å². The Morgan fingerprint density at radius 3 is 3.21 bits per heavy atom. The quantitative estimate of drug-likeness (QED) is 0.687. The molecule has 1 saturated carbocycles.